The van der Waals surface area contributed by atoms with Crippen molar-refractivity contribution < 1.29 is 18.5 Å². The number of halogens is 2. The second-order valence-corrected chi connectivity index (χ2v) is 5.20. The molecule has 0 saturated heterocycles. The maximum Gasteiger partial charge on any atom is 0.308 e. The van der Waals surface area contributed by atoms with Gasteiger partial charge in [0.25, 0.3) is 5.91 Å². The average Bonchev–Trinajstić information content (AvgIpc) is 3.06. The quantitative estimate of drug-likeness (QED) is 0.630. The zero-order valence-corrected chi connectivity index (χ0v) is 11.1. The third-order valence-electron chi connectivity index (χ3n) is 3.58. The first-order valence-electron chi connectivity index (χ1n) is 6.20. The molecule has 1 fully saturated rings. The molecule has 7 heteroatoms. The van der Waals surface area contributed by atoms with Crippen molar-refractivity contribution in [1.82, 2.24) is 4.90 Å². The molecule has 5 nitrogen and oxygen atoms in total. The predicted molar refractivity (Wildman–Crippen MR) is 67.2 cm³/mol. The second-order valence-electron chi connectivity index (χ2n) is 5.20. The second kappa shape index (κ2) is 5.15. The monoisotopic (exact) mass is 284 g/mol. The molecule has 0 aliphatic heterocycles. The summed E-state index contributed by atoms with van der Waals surface area (Å²) in [7, 11) is 1.48. The van der Waals surface area contributed by atoms with Crippen molar-refractivity contribution in [2.45, 2.75) is 13.3 Å². The van der Waals surface area contributed by atoms with E-state index in [9.17, 15) is 23.7 Å². The fourth-order valence-electron chi connectivity index (χ4n) is 2.16. The molecular formula is C13H14F2N2O3. The van der Waals surface area contributed by atoms with E-state index in [1.807, 2.05) is 6.92 Å². The molecular weight excluding hydrogens is 270 g/mol. The van der Waals surface area contributed by atoms with E-state index in [-0.39, 0.29) is 0 Å². The summed E-state index contributed by atoms with van der Waals surface area (Å²) in [5, 5.41) is 10.6. The van der Waals surface area contributed by atoms with Gasteiger partial charge in [-0.15, -0.1) is 0 Å². The van der Waals surface area contributed by atoms with Gasteiger partial charge in [-0.05, 0) is 24.3 Å². The molecule has 0 aromatic heterocycles. The molecule has 2 rings (SSSR count). The molecule has 1 aromatic carbocycles. The lowest BCUT2D eigenvalue weighted by Gasteiger charge is -2.17. The van der Waals surface area contributed by atoms with Crippen molar-refractivity contribution in [2.24, 2.45) is 11.8 Å². The Kier molecular flexibility index (Phi) is 3.69. The Bertz CT molecular complexity index is 577. The molecule has 2 atom stereocenters. The van der Waals surface area contributed by atoms with E-state index >= 15 is 0 Å². The van der Waals surface area contributed by atoms with Crippen LogP contribution in [0.15, 0.2) is 12.1 Å². The van der Waals surface area contributed by atoms with Gasteiger partial charge in [0.1, 0.15) is 5.82 Å². The summed E-state index contributed by atoms with van der Waals surface area (Å²) in [6.45, 7) is 2.47. The molecule has 0 bridgehead atoms. The first kappa shape index (κ1) is 14.4. The number of carbonyl (C=O) groups is 1. The topological polar surface area (TPSA) is 63.5 Å². The number of rotatable bonds is 4. The Morgan fingerprint density at radius 2 is 2.10 bits per heavy atom. The predicted octanol–water partition coefficient (Wildman–Crippen LogP) is 2.60. The summed E-state index contributed by atoms with van der Waals surface area (Å²) in [6, 6.07) is 1.16. The lowest BCUT2D eigenvalue weighted by molar-refractivity contribution is -0.387. The van der Waals surface area contributed by atoms with Crippen LogP contribution in [0.5, 0.6) is 0 Å². The van der Waals surface area contributed by atoms with Gasteiger partial charge in [0, 0.05) is 13.6 Å². The summed E-state index contributed by atoms with van der Waals surface area (Å²) in [4.78, 5) is 22.9. The van der Waals surface area contributed by atoms with Gasteiger partial charge in [-0.1, -0.05) is 6.92 Å². The standard InChI is InChI=1S/C13H14F2N2O3/c1-7-3-8(7)6-16(2)13(18)10-4-9(14)5-11(12(10)15)17(19)20/h4-5,7-8H,3,6H2,1-2H3. The Hall–Kier alpha value is -2.05. The number of hydrogen-bond acceptors (Lipinski definition) is 3. The number of nitrogens with zero attached hydrogens (tertiary/aromatic N) is 2. The molecule has 1 saturated carbocycles. The molecule has 0 radical (unpaired) electrons. The number of benzene rings is 1. The van der Waals surface area contributed by atoms with Crippen LogP contribution in [-0.4, -0.2) is 29.3 Å². The van der Waals surface area contributed by atoms with Crippen molar-refractivity contribution in [1.29, 1.82) is 0 Å². The van der Waals surface area contributed by atoms with Gasteiger partial charge in [0.15, 0.2) is 0 Å². The maximum absolute atomic E-state index is 13.9. The number of nitro benzene ring substituents is 1. The fraction of sp³-hybridized carbons (Fsp3) is 0.462. The number of amides is 1. The van der Waals surface area contributed by atoms with Crippen LogP contribution in [0.1, 0.15) is 23.7 Å². The number of nitro groups is 1. The molecule has 1 aliphatic carbocycles. The van der Waals surface area contributed by atoms with Crippen molar-refractivity contribution in [2.75, 3.05) is 13.6 Å². The van der Waals surface area contributed by atoms with Gasteiger partial charge in [-0.3, -0.25) is 14.9 Å². The van der Waals surface area contributed by atoms with Gasteiger partial charge in [0.05, 0.1) is 16.6 Å². The van der Waals surface area contributed by atoms with Crippen molar-refractivity contribution in [3.8, 4) is 0 Å². The minimum atomic E-state index is -1.29. The molecule has 0 N–H and O–H groups in total. The Balaban J connectivity index is 2.27. The van der Waals surface area contributed by atoms with Gasteiger partial charge < -0.3 is 4.90 Å². The molecule has 108 valence electrons. The molecule has 0 spiro atoms. The van der Waals surface area contributed by atoms with Crippen LogP contribution in [-0.2, 0) is 0 Å². The van der Waals surface area contributed by atoms with Crippen molar-refractivity contribution in [3.05, 3.63) is 39.4 Å². The van der Waals surface area contributed by atoms with Crippen molar-refractivity contribution in [3.63, 3.8) is 0 Å². The van der Waals surface area contributed by atoms with Crippen molar-refractivity contribution >= 4 is 11.6 Å². The lowest BCUT2D eigenvalue weighted by Crippen LogP contribution is -2.30. The van der Waals surface area contributed by atoms with Gasteiger partial charge in [-0.25, -0.2) is 4.39 Å². The molecule has 1 amide bonds. The number of hydrogen-bond donors (Lipinski definition) is 0. The molecule has 1 aromatic rings. The first-order valence-corrected chi connectivity index (χ1v) is 6.20. The maximum atomic E-state index is 13.9. The normalized spacial score (nSPS) is 20.6. The Labute approximate surface area is 114 Å². The van der Waals surface area contributed by atoms with E-state index in [4.69, 9.17) is 0 Å². The summed E-state index contributed by atoms with van der Waals surface area (Å²) >= 11 is 0. The van der Waals surface area contributed by atoms with E-state index in [0.29, 0.717) is 30.5 Å². The van der Waals surface area contributed by atoms with Gasteiger partial charge in [0.2, 0.25) is 5.82 Å². The van der Waals surface area contributed by atoms with Gasteiger partial charge >= 0.3 is 5.69 Å². The zero-order chi connectivity index (χ0) is 15.0. The Morgan fingerprint density at radius 1 is 1.50 bits per heavy atom. The summed E-state index contributed by atoms with van der Waals surface area (Å²) < 4.78 is 27.2. The highest BCUT2D eigenvalue weighted by atomic mass is 19.1. The van der Waals surface area contributed by atoms with Crippen LogP contribution >= 0.6 is 0 Å². The van der Waals surface area contributed by atoms with Crippen LogP contribution in [0.3, 0.4) is 0 Å². The Morgan fingerprint density at radius 3 is 2.60 bits per heavy atom. The minimum Gasteiger partial charge on any atom is -0.341 e. The first-order chi connectivity index (χ1) is 9.31. The van der Waals surface area contributed by atoms with Crippen LogP contribution in [0.25, 0.3) is 0 Å². The third kappa shape index (κ3) is 2.76. The SMILES string of the molecule is CC1CC1CN(C)C(=O)c1cc(F)cc([N+](=O)[O-])c1F. The highest BCUT2D eigenvalue weighted by Crippen LogP contribution is 2.38. The summed E-state index contributed by atoms with van der Waals surface area (Å²) in [6.07, 6.45) is 0.989. The smallest absolute Gasteiger partial charge is 0.308 e. The largest absolute Gasteiger partial charge is 0.341 e. The molecule has 2 unspecified atom stereocenters. The van der Waals surface area contributed by atoms with Crippen LogP contribution in [0.4, 0.5) is 14.5 Å². The van der Waals surface area contributed by atoms with E-state index < -0.39 is 33.7 Å². The van der Waals surface area contributed by atoms with Crippen LogP contribution in [0, 0.1) is 33.6 Å². The average molecular weight is 284 g/mol. The van der Waals surface area contributed by atoms with E-state index in [0.717, 1.165) is 6.42 Å². The van der Waals surface area contributed by atoms with Crippen LogP contribution < -0.4 is 0 Å². The highest BCUT2D eigenvalue weighted by Gasteiger charge is 2.35. The van der Waals surface area contributed by atoms with Gasteiger partial charge in [-0.2, -0.15) is 4.39 Å². The minimum absolute atomic E-state index is 0.357. The van der Waals surface area contributed by atoms with E-state index in [2.05, 4.69) is 0 Å². The summed E-state index contributed by atoms with van der Waals surface area (Å²) in [5.41, 5.74) is -1.63. The van der Waals surface area contributed by atoms with Crippen LogP contribution in [0.2, 0.25) is 0 Å². The molecule has 20 heavy (non-hydrogen) atoms. The van der Waals surface area contributed by atoms with E-state index in [1.165, 1.54) is 11.9 Å². The molecule has 0 heterocycles. The van der Waals surface area contributed by atoms with E-state index in [1.54, 1.807) is 0 Å². The fourth-order valence-corrected chi connectivity index (χ4v) is 2.16. The molecule has 1 aliphatic rings. The number of carbonyl (C=O) groups excluding carboxylic acids is 1. The highest BCUT2D eigenvalue weighted by molar-refractivity contribution is 5.95. The zero-order valence-electron chi connectivity index (χ0n) is 11.1. The lowest BCUT2D eigenvalue weighted by atomic mass is 10.1. The summed E-state index contributed by atoms with van der Waals surface area (Å²) in [5.74, 6) is -2.18. The third-order valence-corrected chi connectivity index (χ3v) is 3.58.